The van der Waals surface area contributed by atoms with Crippen LogP contribution in [0.3, 0.4) is 0 Å². The van der Waals surface area contributed by atoms with Gasteiger partial charge in [-0.3, -0.25) is 4.79 Å². The normalized spacial score (nSPS) is 11.3. The summed E-state index contributed by atoms with van der Waals surface area (Å²) in [5.74, 6) is 0.0714. The maximum absolute atomic E-state index is 12.1. The molecule has 0 saturated heterocycles. The molecular formula is C15H24N2O. The van der Waals surface area contributed by atoms with Crippen LogP contribution in [0.4, 0.5) is 0 Å². The molecule has 1 aromatic rings. The van der Waals surface area contributed by atoms with Crippen LogP contribution in [0.5, 0.6) is 0 Å². The zero-order valence-corrected chi connectivity index (χ0v) is 11.6. The minimum absolute atomic E-state index is 0.0714. The summed E-state index contributed by atoms with van der Waals surface area (Å²) >= 11 is 0. The molecule has 0 bridgehead atoms. The van der Waals surface area contributed by atoms with Crippen LogP contribution >= 0.6 is 0 Å². The van der Waals surface area contributed by atoms with Gasteiger partial charge in [-0.05, 0) is 30.9 Å². The second-order valence-corrected chi connectivity index (χ2v) is 4.97. The third-order valence-corrected chi connectivity index (χ3v) is 3.69. The molecule has 0 spiro atoms. The van der Waals surface area contributed by atoms with Crippen LogP contribution in [-0.2, 0) is 17.8 Å². The van der Waals surface area contributed by atoms with Crippen LogP contribution < -0.4 is 11.1 Å². The van der Waals surface area contributed by atoms with Gasteiger partial charge in [0.05, 0.1) is 6.42 Å². The van der Waals surface area contributed by atoms with E-state index >= 15 is 0 Å². The summed E-state index contributed by atoms with van der Waals surface area (Å²) in [6.45, 7) is 6.75. The Hall–Kier alpha value is -1.35. The van der Waals surface area contributed by atoms with Crippen LogP contribution in [0.1, 0.15) is 44.7 Å². The van der Waals surface area contributed by atoms with Crippen molar-refractivity contribution in [1.29, 1.82) is 0 Å². The van der Waals surface area contributed by atoms with Crippen molar-refractivity contribution in [3.05, 3.63) is 35.4 Å². The highest BCUT2D eigenvalue weighted by Gasteiger charge is 2.21. The Morgan fingerprint density at radius 2 is 1.78 bits per heavy atom. The van der Waals surface area contributed by atoms with Gasteiger partial charge in [0.2, 0.25) is 5.91 Å². The van der Waals surface area contributed by atoms with Crippen LogP contribution in [0.2, 0.25) is 0 Å². The van der Waals surface area contributed by atoms with E-state index in [-0.39, 0.29) is 11.4 Å². The smallest absolute Gasteiger partial charge is 0.224 e. The van der Waals surface area contributed by atoms with E-state index < -0.39 is 0 Å². The van der Waals surface area contributed by atoms with Gasteiger partial charge in [0.25, 0.3) is 0 Å². The van der Waals surface area contributed by atoms with Crippen molar-refractivity contribution < 1.29 is 4.79 Å². The lowest BCUT2D eigenvalue weighted by atomic mass is 9.95. The first-order valence-electron chi connectivity index (χ1n) is 6.62. The fourth-order valence-corrected chi connectivity index (χ4v) is 1.91. The molecule has 0 fully saturated rings. The number of rotatable bonds is 6. The number of benzene rings is 1. The monoisotopic (exact) mass is 248 g/mol. The summed E-state index contributed by atoms with van der Waals surface area (Å²) in [7, 11) is 0. The molecule has 0 aliphatic rings. The molecule has 0 unspecified atom stereocenters. The molecule has 1 rings (SSSR count). The van der Waals surface area contributed by atoms with Crippen molar-refractivity contribution in [1.82, 2.24) is 5.32 Å². The lowest BCUT2D eigenvalue weighted by molar-refractivity contribution is -0.122. The highest BCUT2D eigenvalue weighted by atomic mass is 16.1. The minimum atomic E-state index is -0.102. The first kappa shape index (κ1) is 14.7. The number of nitrogens with one attached hydrogen (secondary N) is 1. The number of carbonyl (C=O) groups is 1. The van der Waals surface area contributed by atoms with Gasteiger partial charge < -0.3 is 11.1 Å². The quantitative estimate of drug-likeness (QED) is 0.812. The van der Waals surface area contributed by atoms with Gasteiger partial charge in [0.1, 0.15) is 0 Å². The van der Waals surface area contributed by atoms with E-state index in [2.05, 4.69) is 26.1 Å². The molecule has 0 aliphatic carbocycles. The maximum Gasteiger partial charge on any atom is 0.224 e. The molecular weight excluding hydrogens is 224 g/mol. The Labute approximate surface area is 110 Å². The number of hydrogen-bond donors (Lipinski definition) is 2. The molecule has 3 heteroatoms. The topological polar surface area (TPSA) is 55.1 Å². The van der Waals surface area contributed by atoms with Gasteiger partial charge >= 0.3 is 0 Å². The van der Waals surface area contributed by atoms with E-state index in [1.807, 2.05) is 24.3 Å². The van der Waals surface area contributed by atoms with Crippen molar-refractivity contribution in [2.24, 2.45) is 5.73 Å². The molecule has 18 heavy (non-hydrogen) atoms. The van der Waals surface area contributed by atoms with Crippen LogP contribution in [0.25, 0.3) is 0 Å². The summed E-state index contributed by atoms with van der Waals surface area (Å²) < 4.78 is 0. The van der Waals surface area contributed by atoms with Crippen LogP contribution in [0.15, 0.2) is 24.3 Å². The number of carbonyl (C=O) groups excluding carboxylic acids is 1. The third-order valence-electron chi connectivity index (χ3n) is 3.69. The van der Waals surface area contributed by atoms with E-state index in [1.165, 1.54) is 0 Å². The van der Waals surface area contributed by atoms with E-state index in [4.69, 9.17) is 5.73 Å². The van der Waals surface area contributed by atoms with Gasteiger partial charge in [-0.2, -0.15) is 0 Å². The average molecular weight is 248 g/mol. The third kappa shape index (κ3) is 3.84. The first-order valence-corrected chi connectivity index (χ1v) is 6.62. The SMILES string of the molecule is CCC(C)(CC)NC(=O)Cc1ccccc1CN. The number of nitrogens with two attached hydrogens (primary N) is 1. The summed E-state index contributed by atoms with van der Waals surface area (Å²) in [6, 6.07) is 7.84. The molecule has 0 radical (unpaired) electrons. The highest BCUT2D eigenvalue weighted by Crippen LogP contribution is 2.15. The van der Waals surface area contributed by atoms with Gasteiger partial charge in [-0.15, -0.1) is 0 Å². The molecule has 1 aromatic carbocycles. The van der Waals surface area contributed by atoms with Gasteiger partial charge in [0, 0.05) is 12.1 Å². The van der Waals surface area contributed by atoms with Gasteiger partial charge in [-0.1, -0.05) is 38.1 Å². The van der Waals surface area contributed by atoms with E-state index in [9.17, 15) is 4.79 Å². The van der Waals surface area contributed by atoms with Crippen molar-refractivity contribution in [3.8, 4) is 0 Å². The Balaban J connectivity index is 2.70. The Morgan fingerprint density at radius 1 is 1.22 bits per heavy atom. The Kier molecular flexibility index (Phi) is 5.35. The van der Waals surface area contributed by atoms with Gasteiger partial charge in [-0.25, -0.2) is 0 Å². The van der Waals surface area contributed by atoms with Crippen molar-refractivity contribution in [2.45, 2.75) is 52.1 Å². The second-order valence-electron chi connectivity index (χ2n) is 4.97. The molecule has 100 valence electrons. The summed E-state index contributed by atoms with van der Waals surface area (Å²) in [4.78, 5) is 12.1. The first-order chi connectivity index (χ1) is 8.54. The van der Waals surface area contributed by atoms with E-state index in [1.54, 1.807) is 0 Å². The summed E-state index contributed by atoms with van der Waals surface area (Å²) in [6.07, 6.45) is 2.28. The van der Waals surface area contributed by atoms with Crippen molar-refractivity contribution in [2.75, 3.05) is 0 Å². The number of amides is 1. The average Bonchev–Trinajstić information content (AvgIpc) is 2.39. The zero-order chi connectivity index (χ0) is 13.6. The minimum Gasteiger partial charge on any atom is -0.351 e. The van der Waals surface area contributed by atoms with Crippen molar-refractivity contribution in [3.63, 3.8) is 0 Å². The number of hydrogen-bond acceptors (Lipinski definition) is 2. The summed E-state index contributed by atoms with van der Waals surface area (Å²) in [5, 5.41) is 3.11. The lowest BCUT2D eigenvalue weighted by Gasteiger charge is -2.28. The maximum atomic E-state index is 12.1. The molecule has 1 amide bonds. The standard InChI is InChI=1S/C15H24N2O/c1-4-15(3,5-2)17-14(18)10-12-8-6-7-9-13(12)11-16/h6-9H,4-5,10-11,16H2,1-3H3,(H,17,18). The van der Waals surface area contributed by atoms with E-state index in [0.29, 0.717) is 13.0 Å². The Bertz CT molecular complexity index is 397. The zero-order valence-electron chi connectivity index (χ0n) is 11.6. The molecule has 0 aliphatic heterocycles. The molecule has 0 aromatic heterocycles. The van der Waals surface area contributed by atoms with Gasteiger partial charge in [0.15, 0.2) is 0 Å². The largest absolute Gasteiger partial charge is 0.351 e. The van der Waals surface area contributed by atoms with Crippen molar-refractivity contribution >= 4 is 5.91 Å². The predicted molar refractivity (Wildman–Crippen MR) is 75.2 cm³/mol. The molecule has 0 atom stereocenters. The van der Waals surface area contributed by atoms with E-state index in [0.717, 1.165) is 24.0 Å². The van der Waals surface area contributed by atoms with Crippen LogP contribution in [-0.4, -0.2) is 11.4 Å². The molecule has 3 N–H and O–H groups in total. The molecule has 0 saturated carbocycles. The molecule has 0 heterocycles. The fraction of sp³-hybridized carbons (Fsp3) is 0.533. The Morgan fingerprint density at radius 3 is 2.28 bits per heavy atom. The highest BCUT2D eigenvalue weighted by molar-refractivity contribution is 5.79. The molecule has 3 nitrogen and oxygen atoms in total. The summed E-state index contributed by atoms with van der Waals surface area (Å²) in [5.41, 5.74) is 7.64. The lowest BCUT2D eigenvalue weighted by Crippen LogP contribution is -2.45. The second kappa shape index (κ2) is 6.55. The predicted octanol–water partition coefficient (Wildman–Crippen LogP) is 2.38. The fourth-order valence-electron chi connectivity index (χ4n) is 1.91. The van der Waals surface area contributed by atoms with Crippen LogP contribution in [0, 0.1) is 0 Å².